The number of nitrogens with zero attached hydrogens (tertiary/aromatic N) is 3. The highest BCUT2D eigenvalue weighted by Crippen LogP contribution is 2.44. The zero-order chi connectivity index (χ0) is 24.4. The molecule has 0 aliphatic heterocycles. The van der Waals surface area contributed by atoms with Crippen LogP contribution < -0.4 is 17.4 Å². The Kier molecular flexibility index (Phi) is 10.2. The van der Waals surface area contributed by atoms with Crippen LogP contribution in [-0.4, -0.2) is 36.6 Å². The molecule has 0 aliphatic rings. The van der Waals surface area contributed by atoms with Crippen LogP contribution in [0.3, 0.4) is 0 Å². The van der Waals surface area contributed by atoms with Gasteiger partial charge in [0.15, 0.2) is 0 Å². The fourth-order valence-corrected chi connectivity index (χ4v) is 2.82. The summed E-state index contributed by atoms with van der Waals surface area (Å²) in [6.07, 6.45) is 5.36. The minimum atomic E-state index is -3.92. The number of alkyl halides is 2. The number of ether oxygens (including phenoxy) is 1. The van der Waals surface area contributed by atoms with Crippen molar-refractivity contribution in [3.63, 3.8) is 0 Å². The Bertz CT molecular complexity index is 908. The van der Waals surface area contributed by atoms with Gasteiger partial charge in [0.25, 0.3) is 0 Å². The fourth-order valence-electron chi connectivity index (χ4n) is 2.82. The molecule has 1 heterocycles. The van der Waals surface area contributed by atoms with Gasteiger partial charge in [-0.25, -0.2) is 14.6 Å². The van der Waals surface area contributed by atoms with E-state index in [0.29, 0.717) is 23.2 Å². The second-order valence-corrected chi connectivity index (χ2v) is 6.44. The summed E-state index contributed by atoms with van der Waals surface area (Å²) in [5.74, 6) is 4.48. The Morgan fingerprint density at radius 3 is 2.41 bits per heavy atom. The molecule has 0 bridgehead atoms. The second kappa shape index (κ2) is 12.1. The largest absolute Gasteiger partial charge is 0.381 e. The van der Waals surface area contributed by atoms with Gasteiger partial charge in [-0.15, -0.1) is 0 Å². The Labute approximate surface area is 184 Å². The lowest BCUT2D eigenvalue weighted by Crippen LogP contribution is -2.59. The number of aromatic nitrogens is 1. The molecule has 2 aromatic rings. The molecular weight excluding hydrogens is 428 g/mol. The lowest BCUT2D eigenvalue weighted by Gasteiger charge is -2.39. The summed E-state index contributed by atoms with van der Waals surface area (Å²) in [4.78, 5) is 3.78. The van der Waals surface area contributed by atoms with Crippen LogP contribution in [0.4, 0.5) is 17.6 Å². The smallest absolute Gasteiger partial charge is 0.313 e. The van der Waals surface area contributed by atoms with Crippen LogP contribution in [0.2, 0.25) is 0 Å². The van der Waals surface area contributed by atoms with Crippen molar-refractivity contribution >= 4 is 12.4 Å². The number of hydrogen-bond donors (Lipinski definition) is 3. The molecule has 1 aromatic heterocycles. The van der Waals surface area contributed by atoms with Gasteiger partial charge in [0.1, 0.15) is 29.2 Å². The van der Waals surface area contributed by atoms with Crippen molar-refractivity contribution in [2.24, 2.45) is 22.5 Å². The Morgan fingerprint density at radius 1 is 1.19 bits per heavy atom. The summed E-state index contributed by atoms with van der Waals surface area (Å²) < 4.78 is 63.8. The Morgan fingerprint density at radius 2 is 1.88 bits per heavy atom. The van der Waals surface area contributed by atoms with E-state index in [0.717, 1.165) is 24.5 Å². The molecule has 2 rings (SSSR count). The number of halogens is 4. The van der Waals surface area contributed by atoms with Gasteiger partial charge in [-0.3, -0.25) is 9.99 Å². The maximum absolute atomic E-state index is 15.6. The van der Waals surface area contributed by atoms with E-state index in [4.69, 9.17) is 22.2 Å². The van der Waals surface area contributed by atoms with Gasteiger partial charge in [0.05, 0.1) is 13.2 Å². The monoisotopic (exact) mass is 456 g/mol. The van der Waals surface area contributed by atoms with Crippen molar-refractivity contribution in [3.8, 4) is 0 Å². The molecule has 32 heavy (non-hydrogen) atoms. The minimum Gasteiger partial charge on any atom is -0.381 e. The normalized spacial score (nSPS) is 13.7. The molecule has 11 heteroatoms. The van der Waals surface area contributed by atoms with Gasteiger partial charge in [-0.05, 0) is 17.7 Å². The maximum Gasteiger partial charge on any atom is 0.313 e. The van der Waals surface area contributed by atoms with Gasteiger partial charge in [0, 0.05) is 24.9 Å². The lowest BCUT2D eigenvalue weighted by atomic mass is 9.81. The average molecular weight is 456 g/mol. The number of methoxy groups -OCH3 is 1. The van der Waals surface area contributed by atoms with Crippen molar-refractivity contribution < 1.29 is 22.3 Å². The van der Waals surface area contributed by atoms with Gasteiger partial charge in [-0.1, -0.05) is 38.1 Å². The predicted molar refractivity (Wildman–Crippen MR) is 116 cm³/mol. The molecule has 0 spiro atoms. The number of hydrazone groups is 1. The summed E-state index contributed by atoms with van der Waals surface area (Å²) in [7, 11) is 1.51. The van der Waals surface area contributed by atoms with Crippen LogP contribution in [0.25, 0.3) is 6.08 Å². The first-order valence-corrected chi connectivity index (χ1v) is 9.64. The maximum atomic E-state index is 15.6. The molecule has 1 atom stereocenters. The van der Waals surface area contributed by atoms with Crippen molar-refractivity contribution in [3.05, 3.63) is 71.1 Å². The van der Waals surface area contributed by atoms with Crippen LogP contribution >= 0.6 is 0 Å². The van der Waals surface area contributed by atoms with E-state index in [9.17, 15) is 8.78 Å². The van der Waals surface area contributed by atoms with Crippen molar-refractivity contribution in [1.29, 1.82) is 0 Å². The number of nitrogens with two attached hydrogens (primary N) is 3. The van der Waals surface area contributed by atoms with E-state index in [-0.39, 0.29) is 0 Å². The van der Waals surface area contributed by atoms with Crippen LogP contribution in [-0.2, 0) is 16.2 Å². The van der Waals surface area contributed by atoms with Gasteiger partial charge in [0.2, 0.25) is 0 Å². The Balaban J connectivity index is 0.00000249. The summed E-state index contributed by atoms with van der Waals surface area (Å²) in [6.45, 7) is 3.53. The van der Waals surface area contributed by atoms with E-state index in [1.807, 2.05) is 13.8 Å². The topological polar surface area (TPSA) is 116 Å². The molecule has 0 aliphatic carbocycles. The molecule has 0 radical (unpaired) electrons. The van der Waals surface area contributed by atoms with Crippen LogP contribution in [0.5, 0.6) is 0 Å². The standard InChI is InChI=1S/C19H22F4N6O.C2H6/c1-30-8-2-3-13-4-7-17(27-10-13)19(22,23)18(24,11-29(26)12-28-25)15-6-5-14(20)9-16(15)21;1-2/h2-7,9-10,12H,8,11,24-26H2,1H3;1-2H3/b3-2+,28-12-;. The molecule has 6 N–H and O–H groups in total. The van der Waals surface area contributed by atoms with Gasteiger partial charge in [-0.2, -0.15) is 13.9 Å². The third-order valence-corrected chi connectivity index (χ3v) is 4.30. The number of benzene rings is 1. The Hall–Kier alpha value is -3.02. The van der Waals surface area contributed by atoms with E-state index < -0.39 is 40.9 Å². The minimum absolute atomic E-state index is 0.336. The van der Waals surface area contributed by atoms with E-state index in [1.54, 1.807) is 12.2 Å². The SMILES string of the molecule is CC.COC/C=C/c1ccc(C(F)(F)C(N)(CN(N)/C=N\N)c2ccc(F)cc2F)nc1. The van der Waals surface area contributed by atoms with E-state index in [2.05, 4.69) is 10.1 Å². The van der Waals surface area contributed by atoms with Crippen molar-refractivity contribution in [2.45, 2.75) is 25.3 Å². The van der Waals surface area contributed by atoms with Crippen molar-refractivity contribution in [2.75, 3.05) is 20.3 Å². The van der Waals surface area contributed by atoms with Crippen LogP contribution in [0.15, 0.2) is 47.7 Å². The van der Waals surface area contributed by atoms with E-state index in [1.165, 1.54) is 19.4 Å². The third-order valence-electron chi connectivity index (χ3n) is 4.30. The molecule has 0 saturated carbocycles. The molecule has 1 unspecified atom stereocenters. The number of pyridine rings is 1. The average Bonchev–Trinajstić information content (AvgIpc) is 2.75. The first-order chi connectivity index (χ1) is 15.2. The molecule has 1 aromatic carbocycles. The molecule has 176 valence electrons. The molecule has 0 fully saturated rings. The van der Waals surface area contributed by atoms with Gasteiger partial charge >= 0.3 is 5.92 Å². The van der Waals surface area contributed by atoms with Crippen LogP contribution in [0, 0.1) is 11.6 Å². The summed E-state index contributed by atoms with van der Waals surface area (Å²) in [5, 5.41) is 3.82. The predicted octanol–water partition coefficient (Wildman–Crippen LogP) is 3.07. The van der Waals surface area contributed by atoms with E-state index >= 15 is 8.78 Å². The first kappa shape index (κ1) is 27.0. The quantitative estimate of drug-likeness (QED) is 0.176. The van der Waals surface area contributed by atoms with Crippen molar-refractivity contribution in [1.82, 2.24) is 9.99 Å². The lowest BCUT2D eigenvalue weighted by molar-refractivity contribution is -0.0964. The van der Waals surface area contributed by atoms with Crippen LogP contribution in [0.1, 0.15) is 30.7 Å². The summed E-state index contributed by atoms with van der Waals surface area (Å²) >= 11 is 0. The summed E-state index contributed by atoms with van der Waals surface area (Å²) in [6, 6.07) is 4.58. The molecule has 7 nitrogen and oxygen atoms in total. The zero-order valence-electron chi connectivity index (χ0n) is 18.1. The first-order valence-electron chi connectivity index (χ1n) is 9.64. The zero-order valence-corrected chi connectivity index (χ0v) is 18.1. The highest BCUT2D eigenvalue weighted by molar-refractivity contribution is 5.54. The third kappa shape index (κ3) is 6.25. The highest BCUT2D eigenvalue weighted by Gasteiger charge is 2.56. The molecule has 0 saturated heterocycles. The second-order valence-electron chi connectivity index (χ2n) is 6.44. The number of rotatable bonds is 9. The van der Waals surface area contributed by atoms with Gasteiger partial charge < -0.3 is 16.3 Å². The molecular formula is C21H28F4N6O. The summed E-state index contributed by atoms with van der Waals surface area (Å²) in [5.41, 5.74) is 2.47. The molecule has 0 amide bonds. The number of hydrogen-bond acceptors (Lipinski definition) is 6. The fraction of sp³-hybridized carbons (Fsp3) is 0.333. The number of hydrazine groups is 1. The highest BCUT2D eigenvalue weighted by atomic mass is 19.3.